The van der Waals surface area contributed by atoms with E-state index in [1.54, 1.807) is 16.8 Å². The van der Waals surface area contributed by atoms with Crippen LogP contribution in [0.25, 0.3) is 0 Å². The van der Waals surface area contributed by atoms with Crippen molar-refractivity contribution in [1.29, 1.82) is 0 Å². The number of hydrogen-bond acceptors (Lipinski definition) is 6. The average molecular weight is 415 g/mol. The van der Waals surface area contributed by atoms with Gasteiger partial charge in [-0.05, 0) is 24.6 Å². The van der Waals surface area contributed by atoms with Crippen LogP contribution in [0.1, 0.15) is 34.5 Å². The van der Waals surface area contributed by atoms with Crippen molar-refractivity contribution in [3.05, 3.63) is 47.3 Å². The number of benzene rings is 1. The van der Waals surface area contributed by atoms with Gasteiger partial charge in [0, 0.05) is 31.9 Å². The third kappa shape index (κ3) is 5.10. The van der Waals surface area contributed by atoms with Crippen molar-refractivity contribution in [3.63, 3.8) is 0 Å². The number of morpholine rings is 1. The molecular weight excluding hydrogens is 386 g/mol. The Kier molecular flexibility index (Phi) is 7.29. The van der Waals surface area contributed by atoms with Crippen molar-refractivity contribution in [3.8, 4) is 5.75 Å². The van der Waals surface area contributed by atoms with Crippen LogP contribution in [0, 0.1) is 0 Å². The number of nitrogens with one attached hydrogen (secondary N) is 1. The molecule has 9 nitrogen and oxygen atoms in total. The third-order valence-electron chi connectivity index (χ3n) is 4.88. The quantitative estimate of drug-likeness (QED) is 0.437. The Morgan fingerprint density at radius 3 is 2.90 bits per heavy atom. The first-order valence-electron chi connectivity index (χ1n) is 9.94. The van der Waals surface area contributed by atoms with Gasteiger partial charge in [-0.15, -0.1) is 0 Å². The third-order valence-corrected chi connectivity index (χ3v) is 4.88. The summed E-state index contributed by atoms with van der Waals surface area (Å²) in [5.41, 5.74) is 2.33. The number of methoxy groups -OCH3 is 2. The van der Waals surface area contributed by atoms with Crippen LogP contribution in [0.2, 0.25) is 0 Å². The molecule has 0 bridgehead atoms. The Balaban J connectivity index is 1.76. The van der Waals surface area contributed by atoms with Gasteiger partial charge in [0.1, 0.15) is 17.4 Å². The van der Waals surface area contributed by atoms with Crippen molar-refractivity contribution in [1.82, 2.24) is 20.0 Å². The summed E-state index contributed by atoms with van der Waals surface area (Å²) in [6.07, 6.45) is 3.76. The summed E-state index contributed by atoms with van der Waals surface area (Å²) in [5.74, 6) is 0.858. The number of aryl methyl sites for hydroxylation is 1. The Morgan fingerprint density at radius 2 is 2.23 bits per heavy atom. The van der Waals surface area contributed by atoms with E-state index < -0.39 is 5.97 Å². The molecule has 1 N–H and O–H groups in total. The topological polar surface area (TPSA) is 90.2 Å². The highest BCUT2D eigenvalue weighted by Gasteiger charge is 2.25. The zero-order chi connectivity index (χ0) is 21.5. The van der Waals surface area contributed by atoms with E-state index in [0.717, 1.165) is 30.2 Å². The van der Waals surface area contributed by atoms with Crippen LogP contribution in [0.3, 0.4) is 0 Å². The Morgan fingerprint density at radius 1 is 1.40 bits per heavy atom. The van der Waals surface area contributed by atoms with Crippen LogP contribution in [0.4, 0.5) is 0 Å². The van der Waals surface area contributed by atoms with Gasteiger partial charge in [0.2, 0.25) is 0 Å². The fourth-order valence-electron chi connectivity index (χ4n) is 3.36. The van der Waals surface area contributed by atoms with E-state index in [-0.39, 0.29) is 6.10 Å². The van der Waals surface area contributed by atoms with Gasteiger partial charge in [0.05, 0.1) is 40.1 Å². The molecule has 1 aliphatic rings. The van der Waals surface area contributed by atoms with Crippen molar-refractivity contribution in [2.24, 2.45) is 12.0 Å². The molecule has 9 heteroatoms. The fourth-order valence-corrected chi connectivity index (χ4v) is 3.36. The first-order valence-corrected chi connectivity index (χ1v) is 9.94. The second-order valence-electron chi connectivity index (χ2n) is 6.95. The van der Waals surface area contributed by atoms with Crippen molar-refractivity contribution < 1.29 is 19.0 Å². The van der Waals surface area contributed by atoms with Crippen LogP contribution in [0.5, 0.6) is 5.75 Å². The molecule has 0 amide bonds. The van der Waals surface area contributed by atoms with E-state index in [4.69, 9.17) is 19.2 Å². The van der Waals surface area contributed by atoms with Gasteiger partial charge >= 0.3 is 5.97 Å². The van der Waals surface area contributed by atoms with Gasteiger partial charge < -0.3 is 24.4 Å². The van der Waals surface area contributed by atoms with Gasteiger partial charge in [0.15, 0.2) is 5.96 Å². The first-order chi connectivity index (χ1) is 14.5. The molecule has 1 aromatic heterocycles. The minimum Gasteiger partial charge on any atom is -0.496 e. The molecule has 162 valence electrons. The summed E-state index contributed by atoms with van der Waals surface area (Å²) in [6.45, 7) is 5.26. The Bertz CT molecular complexity index is 895. The van der Waals surface area contributed by atoms with E-state index in [1.165, 1.54) is 14.2 Å². The number of carbonyl (C=O) groups excluding carboxylic acids is 1. The highest BCUT2D eigenvalue weighted by Crippen LogP contribution is 2.23. The smallest absolute Gasteiger partial charge is 0.341 e. The summed E-state index contributed by atoms with van der Waals surface area (Å²) in [7, 11) is 4.78. The zero-order valence-electron chi connectivity index (χ0n) is 17.9. The molecule has 0 saturated carbocycles. The van der Waals surface area contributed by atoms with E-state index in [0.29, 0.717) is 31.0 Å². The molecule has 1 aromatic carbocycles. The Labute approximate surface area is 176 Å². The van der Waals surface area contributed by atoms with E-state index >= 15 is 0 Å². The number of ether oxygens (including phenoxy) is 3. The molecule has 0 spiro atoms. The molecule has 1 unspecified atom stereocenters. The number of aliphatic imine (C=N–C) groups is 1. The standard InChI is InChI=1S/C21H29N5O4/c1-5-22-21(26-8-9-30-19(14-26)16-12-24-25(2)13-16)23-11-15-6-7-18(28-3)17(10-15)20(27)29-4/h6-7,10,12-13,19H,5,8-9,11,14H2,1-4H3,(H,22,23). The molecule has 2 aromatic rings. The van der Waals surface area contributed by atoms with Crippen molar-refractivity contribution in [2.75, 3.05) is 40.5 Å². The monoisotopic (exact) mass is 415 g/mol. The second-order valence-corrected chi connectivity index (χ2v) is 6.95. The van der Waals surface area contributed by atoms with Gasteiger partial charge in [-0.3, -0.25) is 4.68 Å². The normalized spacial score (nSPS) is 17.0. The minimum absolute atomic E-state index is 0.0526. The number of carbonyl (C=O) groups is 1. The zero-order valence-corrected chi connectivity index (χ0v) is 17.9. The second kappa shape index (κ2) is 10.1. The maximum Gasteiger partial charge on any atom is 0.341 e. The number of esters is 1. The molecule has 2 heterocycles. The summed E-state index contributed by atoms with van der Waals surface area (Å²) in [6, 6.07) is 5.42. The van der Waals surface area contributed by atoms with E-state index in [1.807, 2.05) is 32.4 Å². The molecule has 30 heavy (non-hydrogen) atoms. The number of guanidine groups is 1. The highest BCUT2D eigenvalue weighted by molar-refractivity contribution is 5.92. The summed E-state index contributed by atoms with van der Waals surface area (Å²) in [5, 5.41) is 7.60. The van der Waals surface area contributed by atoms with Crippen LogP contribution >= 0.6 is 0 Å². The summed E-state index contributed by atoms with van der Waals surface area (Å²) in [4.78, 5) is 19.0. The molecule has 3 rings (SSSR count). The van der Waals surface area contributed by atoms with Gasteiger partial charge in [0.25, 0.3) is 0 Å². The molecule has 0 radical (unpaired) electrons. The molecule has 1 aliphatic heterocycles. The van der Waals surface area contributed by atoms with E-state index in [9.17, 15) is 4.79 Å². The number of aromatic nitrogens is 2. The molecule has 1 atom stereocenters. The maximum absolute atomic E-state index is 12.0. The lowest BCUT2D eigenvalue weighted by Crippen LogP contribution is -2.48. The molecule has 1 saturated heterocycles. The van der Waals surface area contributed by atoms with Gasteiger partial charge in [-0.25, -0.2) is 9.79 Å². The largest absolute Gasteiger partial charge is 0.496 e. The number of hydrogen-bond donors (Lipinski definition) is 1. The number of rotatable bonds is 6. The lowest BCUT2D eigenvalue weighted by Gasteiger charge is -2.34. The van der Waals surface area contributed by atoms with Crippen LogP contribution < -0.4 is 10.1 Å². The molecular formula is C21H29N5O4. The van der Waals surface area contributed by atoms with E-state index in [2.05, 4.69) is 15.3 Å². The van der Waals surface area contributed by atoms with Crippen molar-refractivity contribution in [2.45, 2.75) is 19.6 Å². The Hall–Kier alpha value is -3.07. The SMILES string of the molecule is CCNC(=NCc1ccc(OC)c(C(=O)OC)c1)N1CCOC(c2cnn(C)c2)C1. The molecule has 1 fully saturated rings. The predicted molar refractivity (Wildman–Crippen MR) is 113 cm³/mol. The van der Waals surface area contributed by atoms with Gasteiger partial charge in [-0.2, -0.15) is 5.10 Å². The minimum atomic E-state index is -0.433. The number of nitrogens with zero attached hydrogens (tertiary/aromatic N) is 4. The first kappa shape index (κ1) is 21.6. The van der Waals surface area contributed by atoms with Crippen LogP contribution in [-0.2, 0) is 23.1 Å². The molecule has 0 aliphatic carbocycles. The maximum atomic E-state index is 12.0. The van der Waals surface area contributed by atoms with Crippen molar-refractivity contribution >= 4 is 11.9 Å². The fraction of sp³-hybridized carbons (Fsp3) is 0.476. The van der Waals surface area contributed by atoms with Gasteiger partial charge in [-0.1, -0.05) is 6.07 Å². The average Bonchev–Trinajstić information content (AvgIpc) is 3.22. The summed E-state index contributed by atoms with van der Waals surface area (Å²) >= 11 is 0. The van der Waals surface area contributed by atoms with Crippen LogP contribution in [0.15, 0.2) is 35.6 Å². The lowest BCUT2D eigenvalue weighted by molar-refractivity contribution is -0.00805. The lowest BCUT2D eigenvalue weighted by atomic mass is 10.1. The predicted octanol–water partition coefficient (Wildman–Crippen LogP) is 1.75. The van der Waals surface area contributed by atoms with Crippen LogP contribution in [-0.4, -0.2) is 67.1 Å². The highest BCUT2D eigenvalue weighted by atomic mass is 16.5. The summed E-state index contributed by atoms with van der Waals surface area (Å²) < 4.78 is 17.8.